The fraction of sp³-hybridized carbons (Fsp3) is 0.375. The lowest BCUT2D eigenvalue weighted by Crippen LogP contribution is -2.49. The Hall–Kier alpha value is -1.66. The Kier molecular flexibility index (Phi) is 4.90. The molecular weight excluding hydrogens is 344 g/mol. The highest BCUT2D eigenvalue weighted by Crippen LogP contribution is 2.10. The summed E-state index contributed by atoms with van der Waals surface area (Å²) in [4.78, 5) is 16.6. The van der Waals surface area contributed by atoms with Crippen molar-refractivity contribution in [3.8, 4) is 0 Å². The summed E-state index contributed by atoms with van der Waals surface area (Å²) in [6, 6.07) is 10.5. The summed E-state index contributed by atoms with van der Waals surface area (Å²) in [5.74, 6) is 0.134. The zero-order valence-corrected chi connectivity index (χ0v) is 13.9. The van der Waals surface area contributed by atoms with Crippen LogP contribution in [-0.4, -0.2) is 51.7 Å². The topological polar surface area (TPSA) is 41.4 Å². The van der Waals surface area contributed by atoms with Crippen LogP contribution in [0.5, 0.6) is 0 Å². The van der Waals surface area contributed by atoms with Crippen LogP contribution in [0.25, 0.3) is 0 Å². The summed E-state index contributed by atoms with van der Waals surface area (Å²) in [5, 5.41) is 4.13. The predicted octanol–water partition coefficient (Wildman–Crippen LogP) is 1.99. The standard InChI is InChI=1S/C16H19BrN4O/c17-15-10-18-21(12-15)13-16(22)20-8-6-19(7-9-20)11-14-4-2-1-3-5-14/h1-5,10,12H,6-9,11,13H2. The van der Waals surface area contributed by atoms with Crippen LogP contribution in [0.4, 0.5) is 0 Å². The second kappa shape index (κ2) is 7.07. The Morgan fingerprint density at radius 2 is 1.86 bits per heavy atom. The first-order valence-corrected chi connectivity index (χ1v) is 8.22. The lowest BCUT2D eigenvalue weighted by Gasteiger charge is -2.34. The first-order valence-electron chi connectivity index (χ1n) is 7.43. The molecule has 0 N–H and O–H groups in total. The van der Waals surface area contributed by atoms with E-state index < -0.39 is 0 Å². The lowest BCUT2D eigenvalue weighted by molar-refractivity contribution is -0.133. The SMILES string of the molecule is O=C(Cn1cc(Br)cn1)N1CCN(Cc2ccccc2)CC1. The molecule has 1 amide bonds. The fourth-order valence-electron chi connectivity index (χ4n) is 2.66. The van der Waals surface area contributed by atoms with Gasteiger partial charge in [0.05, 0.1) is 10.7 Å². The predicted molar refractivity (Wildman–Crippen MR) is 88.2 cm³/mol. The van der Waals surface area contributed by atoms with E-state index in [2.05, 4.69) is 50.2 Å². The number of piperazine rings is 1. The minimum Gasteiger partial charge on any atom is -0.339 e. The molecular formula is C16H19BrN4O. The van der Waals surface area contributed by atoms with Crippen LogP contribution in [0.1, 0.15) is 5.56 Å². The van der Waals surface area contributed by atoms with Crippen molar-refractivity contribution in [2.45, 2.75) is 13.1 Å². The third-order valence-electron chi connectivity index (χ3n) is 3.87. The zero-order chi connectivity index (χ0) is 15.4. The van der Waals surface area contributed by atoms with Crippen molar-refractivity contribution in [1.82, 2.24) is 19.6 Å². The van der Waals surface area contributed by atoms with Crippen molar-refractivity contribution < 1.29 is 4.79 Å². The number of aromatic nitrogens is 2. The number of nitrogens with zero attached hydrogens (tertiary/aromatic N) is 4. The molecule has 0 unspecified atom stereocenters. The Morgan fingerprint density at radius 1 is 1.14 bits per heavy atom. The van der Waals surface area contributed by atoms with E-state index >= 15 is 0 Å². The van der Waals surface area contributed by atoms with Gasteiger partial charge in [0.2, 0.25) is 5.91 Å². The van der Waals surface area contributed by atoms with E-state index in [9.17, 15) is 4.79 Å². The Balaban J connectivity index is 1.48. The molecule has 3 rings (SSSR count). The Bertz CT molecular complexity index is 620. The molecule has 0 aliphatic carbocycles. The van der Waals surface area contributed by atoms with E-state index in [-0.39, 0.29) is 5.91 Å². The van der Waals surface area contributed by atoms with E-state index in [0.29, 0.717) is 6.54 Å². The number of benzene rings is 1. The molecule has 0 spiro atoms. The van der Waals surface area contributed by atoms with Gasteiger partial charge in [0.1, 0.15) is 6.54 Å². The summed E-state index contributed by atoms with van der Waals surface area (Å²) in [6.07, 6.45) is 3.52. The van der Waals surface area contributed by atoms with Gasteiger partial charge < -0.3 is 4.90 Å². The number of carbonyl (C=O) groups is 1. The van der Waals surface area contributed by atoms with Crippen LogP contribution >= 0.6 is 15.9 Å². The van der Waals surface area contributed by atoms with Crippen molar-refractivity contribution in [3.05, 3.63) is 52.8 Å². The third kappa shape index (κ3) is 3.96. The van der Waals surface area contributed by atoms with E-state index in [0.717, 1.165) is 37.2 Å². The minimum atomic E-state index is 0.134. The van der Waals surface area contributed by atoms with Crippen molar-refractivity contribution in [1.29, 1.82) is 0 Å². The first kappa shape index (κ1) is 15.2. The van der Waals surface area contributed by atoms with Crippen LogP contribution in [-0.2, 0) is 17.9 Å². The quantitative estimate of drug-likeness (QED) is 0.834. The summed E-state index contributed by atoms with van der Waals surface area (Å²) in [6.45, 7) is 4.67. The number of rotatable bonds is 4. The molecule has 0 saturated carbocycles. The normalized spacial score (nSPS) is 16.0. The molecule has 1 aliphatic rings. The summed E-state index contributed by atoms with van der Waals surface area (Å²) in [5.41, 5.74) is 1.32. The van der Waals surface area contributed by atoms with E-state index in [4.69, 9.17) is 0 Å². The Labute approximate surface area is 138 Å². The number of hydrogen-bond acceptors (Lipinski definition) is 3. The molecule has 1 aliphatic heterocycles. The molecule has 6 heteroatoms. The van der Waals surface area contributed by atoms with Crippen molar-refractivity contribution in [2.24, 2.45) is 0 Å². The highest BCUT2D eigenvalue weighted by molar-refractivity contribution is 9.10. The molecule has 22 heavy (non-hydrogen) atoms. The number of carbonyl (C=O) groups excluding carboxylic acids is 1. The molecule has 2 aromatic rings. The van der Waals surface area contributed by atoms with Crippen LogP contribution in [0.2, 0.25) is 0 Å². The third-order valence-corrected chi connectivity index (χ3v) is 4.28. The number of halogens is 1. The maximum Gasteiger partial charge on any atom is 0.244 e. The average molecular weight is 363 g/mol. The summed E-state index contributed by atoms with van der Waals surface area (Å²) >= 11 is 3.34. The molecule has 0 bridgehead atoms. The van der Waals surface area contributed by atoms with Gasteiger partial charge in [0.15, 0.2) is 0 Å². The van der Waals surface area contributed by atoms with Crippen LogP contribution in [0, 0.1) is 0 Å². The second-order valence-corrected chi connectivity index (χ2v) is 6.41. The smallest absolute Gasteiger partial charge is 0.244 e. The maximum atomic E-state index is 12.3. The highest BCUT2D eigenvalue weighted by atomic mass is 79.9. The molecule has 116 valence electrons. The number of amides is 1. The largest absolute Gasteiger partial charge is 0.339 e. The molecule has 5 nitrogen and oxygen atoms in total. The second-order valence-electron chi connectivity index (χ2n) is 5.50. The van der Waals surface area contributed by atoms with Crippen molar-refractivity contribution in [3.63, 3.8) is 0 Å². The van der Waals surface area contributed by atoms with Gasteiger partial charge in [-0.05, 0) is 21.5 Å². The monoisotopic (exact) mass is 362 g/mol. The Morgan fingerprint density at radius 3 is 2.50 bits per heavy atom. The molecule has 1 aromatic heterocycles. The van der Waals surface area contributed by atoms with Gasteiger partial charge in [-0.1, -0.05) is 30.3 Å². The molecule has 0 radical (unpaired) electrons. The van der Waals surface area contributed by atoms with Crippen molar-refractivity contribution >= 4 is 21.8 Å². The van der Waals surface area contributed by atoms with Gasteiger partial charge in [0.25, 0.3) is 0 Å². The first-order chi connectivity index (χ1) is 10.7. The molecule has 1 fully saturated rings. The molecule has 1 aromatic carbocycles. The van der Waals surface area contributed by atoms with Crippen LogP contribution in [0.15, 0.2) is 47.2 Å². The van der Waals surface area contributed by atoms with Crippen LogP contribution in [0.3, 0.4) is 0 Å². The fourth-order valence-corrected chi connectivity index (χ4v) is 2.99. The molecule has 2 heterocycles. The lowest BCUT2D eigenvalue weighted by atomic mass is 10.2. The maximum absolute atomic E-state index is 12.3. The molecule has 1 saturated heterocycles. The van der Waals surface area contributed by atoms with Crippen molar-refractivity contribution in [2.75, 3.05) is 26.2 Å². The van der Waals surface area contributed by atoms with E-state index in [1.807, 2.05) is 17.2 Å². The zero-order valence-electron chi connectivity index (χ0n) is 12.4. The van der Waals surface area contributed by atoms with E-state index in [1.54, 1.807) is 10.9 Å². The van der Waals surface area contributed by atoms with Crippen LogP contribution < -0.4 is 0 Å². The van der Waals surface area contributed by atoms with E-state index in [1.165, 1.54) is 5.56 Å². The van der Waals surface area contributed by atoms with Gasteiger partial charge >= 0.3 is 0 Å². The number of hydrogen-bond donors (Lipinski definition) is 0. The summed E-state index contributed by atoms with van der Waals surface area (Å²) in [7, 11) is 0. The van der Waals surface area contributed by atoms with Gasteiger partial charge in [-0.3, -0.25) is 14.4 Å². The average Bonchev–Trinajstić information content (AvgIpc) is 2.94. The minimum absolute atomic E-state index is 0.134. The molecule has 0 atom stereocenters. The summed E-state index contributed by atoms with van der Waals surface area (Å²) < 4.78 is 2.57. The highest BCUT2D eigenvalue weighted by Gasteiger charge is 2.21. The van der Waals surface area contributed by atoms with Gasteiger partial charge in [0, 0.05) is 38.9 Å². The van der Waals surface area contributed by atoms with Gasteiger partial charge in [-0.2, -0.15) is 5.10 Å². The van der Waals surface area contributed by atoms with Gasteiger partial charge in [-0.15, -0.1) is 0 Å². The van der Waals surface area contributed by atoms with Gasteiger partial charge in [-0.25, -0.2) is 0 Å².